The van der Waals surface area contributed by atoms with Crippen molar-refractivity contribution in [2.75, 3.05) is 13.1 Å². The first-order valence-electron chi connectivity index (χ1n) is 10.8. The highest BCUT2D eigenvalue weighted by Crippen LogP contribution is 2.29. The average molecular weight is 428 g/mol. The van der Waals surface area contributed by atoms with E-state index in [0.29, 0.717) is 25.3 Å². The highest BCUT2D eigenvalue weighted by atomic mass is 16.5. The number of piperidine rings is 1. The molecule has 2 aromatic heterocycles. The molecule has 1 aliphatic heterocycles. The summed E-state index contributed by atoms with van der Waals surface area (Å²) in [5, 5.41) is 9.30. The van der Waals surface area contributed by atoms with Gasteiger partial charge in [-0.25, -0.2) is 14.8 Å². The summed E-state index contributed by atoms with van der Waals surface area (Å²) in [6.45, 7) is 1.61. The van der Waals surface area contributed by atoms with Crippen LogP contribution in [0.1, 0.15) is 29.9 Å². The van der Waals surface area contributed by atoms with Gasteiger partial charge in [0.1, 0.15) is 18.2 Å². The Bertz CT molecular complexity index is 1220. The minimum atomic E-state index is -0.856. The predicted molar refractivity (Wildman–Crippen MR) is 122 cm³/mol. The number of hydrogen-bond donors (Lipinski definition) is 2. The molecule has 3 heterocycles. The number of imidazole rings is 1. The van der Waals surface area contributed by atoms with Gasteiger partial charge in [0, 0.05) is 30.8 Å². The Kier molecular flexibility index (Phi) is 5.46. The standard InChI is InChI=1S/C25H24N4O3/c30-25(31)29-12-4-5-19(15-29)20-13-22-24(26-14-20)28-23(27-22)18-10-8-17(9-11-18)16-32-21-6-2-1-3-7-21/h1-3,6-11,13-14,19H,4-5,12,15-16H2,(H,30,31)(H,26,27,28). The van der Waals surface area contributed by atoms with Gasteiger partial charge in [0.15, 0.2) is 5.65 Å². The number of aromatic nitrogens is 3. The Morgan fingerprint density at radius 1 is 1.16 bits per heavy atom. The molecule has 5 rings (SSSR count). The van der Waals surface area contributed by atoms with Crippen molar-refractivity contribution in [3.05, 3.63) is 78.0 Å². The number of nitrogens with zero attached hydrogens (tertiary/aromatic N) is 3. The zero-order valence-corrected chi connectivity index (χ0v) is 17.6. The maximum atomic E-state index is 11.3. The SMILES string of the molecule is O=C(O)N1CCCC(c2cnc3nc(-c4ccc(COc5ccccc5)cc4)[nH]c3c2)C1. The third kappa shape index (κ3) is 4.27. The smallest absolute Gasteiger partial charge is 0.407 e. The lowest BCUT2D eigenvalue weighted by Crippen LogP contribution is -2.38. The molecule has 2 aromatic carbocycles. The number of H-pyrrole nitrogens is 1. The molecule has 0 aliphatic carbocycles. The van der Waals surface area contributed by atoms with Gasteiger partial charge in [-0.1, -0.05) is 42.5 Å². The van der Waals surface area contributed by atoms with E-state index in [0.717, 1.165) is 46.6 Å². The molecule has 4 aromatic rings. The van der Waals surface area contributed by atoms with Crippen molar-refractivity contribution < 1.29 is 14.6 Å². The summed E-state index contributed by atoms with van der Waals surface area (Å²) in [6.07, 6.45) is 2.80. The fourth-order valence-corrected chi connectivity index (χ4v) is 4.14. The molecule has 7 heteroatoms. The van der Waals surface area contributed by atoms with Crippen LogP contribution in [0.3, 0.4) is 0 Å². The first kappa shape index (κ1) is 20.1. The van der Waals surface area contributed by atoms with Gasteiger partial charge in [-0.2, -0.15) is 0 Å². The molecule has 0 saturated carbocycles. The first-order chi connectivity index (χ1) is 15.7. The molecule has 1 amide bonds. The number of rotatable bonds is 5. The van der Waals surface area contributed by atoms with Crippen LogP contribution in [0, 0.1) is 0 Å². The molecule has 1 saturated heterocycles. The Morgan fingerprint density at radius 2 is 1.97 bits per heavy atom. The summed E-state index contributed by atoms with van der Waals surface area (Å²) in [4.78, 5) is 25.3. The van der Waals surface area contributed by atoms with E-state index >= 15 is 0 Å². The van der Waals surface area contributed by atoms with E-state index in [4.69, 9.17) is 4.74 Å². The maximum absolute atomic E-state index is 11.3. The number of hydrogen-bond acceptors (Lipinski definition) is 4. The molecule has 1 aliphatic rings. The van der Waals surface area contributed by atoms with Gasteiger partial charge in [-0.15, -0.1) is 0 Å². The van der Waals surface area contributed by atoms with Gasteiger partial charge in [0.05, 0.1) is 5.52 Å². The summed E-state index contributed by atoms with van der Waals surface area (Å²) < 4.78 is 5.81. The first-order valence-corrected chi connectivity index (χ1v) is 10.8. The second-order valence-corrected chi connectivity index (χ2v) is 8.09. The van der Waals surface area contributed by atoms with Crippen LogP contribution in [0.15, 0.2) is 66.9 Å². The highest BCUT2D eigenvalue weighted by Gasteiger charge is 2.25. The molecule has 2 N–H and O–H groups in total. The lowest BCUT2D eigenvalue weighted by Gasteiger charge is -2.30. The van der Waals surface area contributed by atoms with Gasteiger partial charge in [0.2, 0.25) is 0 Å². The maximum Gasteiger partial charge on any atom is 0.407 e. The van der Waals surface area contributed by atoms with Gasteiger partial charge in [0.25, 0.3) is 0 Å². The van der Waals surface area contributed by atoms with Crippen molar-refractivity contribution in [2.45, 2.75) is 25.4 Å². The lowest BCUT2D eigenvalue weighted by atomic mass is 9.92. The lowest BCUT2D eigenvalue weighted by molar-refractivity contribution is 0.130. The third-order valence-electron chi connectivity index (χ3n) is 5.90. The second kappa shape index (κ2) is 8.70. The zero-order chi connectivity index (χ0) is 21.9. The van der Waals surface area contributed by atoms with Crippen LogP contribution < -0.4 is 4.74 Å². The number of likely N-dealkylation sites (tertiary alicyclic amines) is 1. The number of carboxylic acid groups (broad SMARTS) is 1. The van der Waals surface area contributed by atoms with Gasteiger partial charge >= 0.3 is 6.09 Å². The number of amides is 1. The monoisotopic (exact) mass is 428 g/mol. The summed E-state index contributed by atoms with van der Waals surface area (Å²) in [5.41, 5.74) is 4.62. The van der Waals surface area contributed by atoms with Crippen LogP contribution in [0.25, 0.3) is 22.6 Å². The van der Waals surface area contributed by atoms with Gasteiger partial charge in [-0.05, 0) is 42.2 Å². The Hall–Kier alpha value is -3.87. The van der Waals surface area contributed by atoms with Crippen LogP contribution in [-0.4, -0.2) is 44.1 Å². The molecule has 32 heavy (non-hydrogen) atoms. The van der Waals surface area contributed by atoms with E-state index in [9.17, 15) is 9.90 Å². The number of fused-ring (bicyclic) bond motifs is 1. The number of pyridine rings is 1. The number of nitrogens with one attached hydrogen (secondary N) is 1. The minimum absolute atomic E-state index is 0.160. The van der Waals surface area contributed by atoms with Crippen LogP contribution in [-0.2, 0) is 6.61 Å². The quantitative estimate of drug-likeness (QED) is 0.464. The van der Waals surface area contributed by atoms with Crippen molar-refractivity contribution in [2.24, 2.45) is 0 Å². The minimum Gasteiger partial charge on any atom is -0.489 e. The Labute approximate surface area is 185 Å². The Balaban J connectivity index is 1.31. The van der Waals surface area contributed by atoms with E-state index in [1.165, 1.54) is 4.90 Å². The van der Waals surface area contributed by atoms with Crippen molar-refractivity contribution in [3.63, 3.8) is 0 Å². The fraction of sp³-hybridized carbons (Fsp3) is 0.240. The summed E-state index contributed by atoms with van der Waals surface area (Å²) >= 11 is 0. The Morgan fingerprint density at radius 3 is 2.75 bits per heavy atom. The van der Waals surface area contributed by atoms with E-state index in [1.54, 1.807) is 0 Å². The molecule has 7 nitrogen and oxygen atoms in total. The van der Waals surface area contributed by atoms with E-state index in [-0.39, 0.29) is 5.92 Å². The number of benzene rings is 2. The summed E-state index contributed by atoms with van der Waals surface area (Å²) in [6, 6.07) is 19.9. The van der Waals surface area contributed by atoms with E-state index in [1.807, 2.05) is 60.8 Å². The van der Waals surface area contributed by atoms with Crippen LogP contribution in [0.2, 0.25) is 0 Å². The molecule has 0 radical (unpaired) electrons. The number of ether oxygens (including phenoxy) is 1. The number of para-hydroxylation sites is 1. The molecule has 0 spiro atoms. The normalized spacial score (nSPS) is 16.2. The topological polar surface area (TPSA) is 91.3 Å². The van der Waals surface area contributed by atoms with Crippen LogP contribution in [0.5, 0.6) is 5.75 Å². The summed E-state index contributed by atoms with van der Waals surface area (Å²) in [5.74, 6) is 1.77. The average Bonchev–Trinajstić information content (AvgIpc) is 3.27. The largest absolute Gasteiger partial charge is 0.489 e. The molecular weight excluding hydrogens is 404 g/mol. The van der Waals surface area contributed by atoms with Gasteiger partial charge in [-0.3, -0.25) is 0 Å². The van der Waals surface area contributed by atoms with Crippen molar-refractivity contribution in [1.82, 2.24) is 19.9 Å². The fourth-order valence-electron chi connectivity index (χ4n) is 4.14. The molecule has 1 unspecified atom stereocenters. The highest BCUT2D eigenvalue weighted by molar-refractivity contribution is 5.76. The molecule has 1 fully saturated rings. The molecule has 1 atom stereocenters. The second-order valence-electron chi connectivity index (χ2n) is 8.09. The van der Waals surface area contributed by atoms with Crippen LogP contribution in [0.4, 0.5) is 4.79 Å². The van der Waals surface area contributed by atoms with E-state index < -0.39 is 6.09 Å². The predicted octanol–water partition coefficient (Wildman–Crippen LogP) is 5.06. The number of aromatic amines is 1. The molecule has 0 bridgehead atoms. The molecular formula is C25H24N4O3. The number of carbonyl (C=O) groups is 1. The van der Waals surface area contributed by atoms with Crippen molar-refractivity contribution in [1.29, 1.82) is 0 Å². The van der Waals surface area contributed by atoms with Crippen LogP contribution >= 0.6 is 0 Å². The zero-order valence-electron chi connectivity index (χ0n) is 17.6. The van der Waals surface area contributed by atoms with E-state index in [2.05, 4.69) is 21.0 Å². The van der Waals surface area contributed by atoms with Crippen molar-refractivity contribution >= 4 is 17.3 Å². The van der Waals surface area contributed by atoms with Gasteiger partial charge < -0.3 is 19.7 Å². The molecule has 162 valence electrons. The summed E-state index contributed by atoms with van der Waals surface area (Å²) in [7, 11) is 0. The van der Waals surface area contributed by atoms with Crippen molar-refractivity contribution in [3.8, 4) is 17.1 Å². The third-order valence-corrected chi connectivity index (χ3v) is 5.90.